The van der Waals surface area contributed by atoms with Gasteiger partial charge in [0.25, 0.3) is 5.91 Å². The minimum Gasteiger partial charge on any atom is -0.503 e. The first-order chi connectivity index (χ1) is 20.5. The molecular weight excluding hydrogens is 534 g/mol. The molecule has 3 aromatic carbocycles. The van der Waals surface area contributed by atoms with Gasteiger partial charge in [-0.05, 0) is 41.8 Å². The Morgan fingerprint density at radius 3 is 2.57 bits per heavy atom. The highest BCUT2D eigenvalue weighted by Gasteiger charge is 2.44. The molecule has 0 bridgehead atoms. The Labute approximate surface area is 242 Å². The van der Waals surface area contributed by atoms with Crippen molar-refractivity contribution in [3.63, 3.8) is 0 Å². The molecule has 1 aliphatic heterocycles. The molecule has 2 aromatic heterocycles. The zero-order chi connectivity index (χ0) is 29.1. The summed E-state index contributed by atoms with van der Waals surface area (Å²) in [5, 5.41) is 11.8. The second kappa shape index (κ2) is 11.7. The number of imidazole rings is 1. The summed E-state index contributed by atoms with van der Waals surface area (Å²) in [7, 11) is 1.52. The summed E-state index contributed by atoms with van der Waals surface area (Å²) in [6.45, 7) is 1.33. The number of aliphatic hydroxyl groups excluding tert-OH is 1. The predicted molar refractivity (Wildman–Crippen MR) is 155 cm³/mol. The number of Topliss-reactive ketones (excluding diaryl/α,β-unsaturated/α-hetero) is 1. The standard InChI is InChI=1S/C33H29N3O6/c1-40-26-10-5-9-24-19-27(42-32(24)26)30(37)28-29(36(33(39)31(28)38)17-6-16-35-18-15-34-21-35)23-11-13-25(14-12-23)41-20-22-7-3-2-4-8-22/h2-5,7-15,18-19,21,29,38H,6,16-17,20H2,1H3. The van der Waals surface area contributed by atoms with Crippen LogP contribution in [0.1, 0.15) is 34.1 Å². The number of furan rings is 1. The van der Waals surface area contributed by atoms with Crippen LogP contribution < -0.4 is 9.47 Å². The third kappa shape index (κ3) is 5.24. The molecule has 0 spiro atoms. The lowest BCUT2D eigenvalue weighted by Crippen LogP contribution is -2.32. The molecule has 3 heterocycles. The smallest absolute Gasteiger partial charge is 0.290 e. The molecule has 9 nitrogen and oxygen atoms in total. The first kappa shape index (κ1) is 26.9. The van der Waals surface area contributed by atoms with Crippen molar-refractivity contribution in [3.8, 4) is 11.5 Å². The van der Waals surface area contributed by atoms with Gasteiger partial charge in [-0.15, -0.1) is 0 Å². The van der Waals surface area contributed by atoms with E-state index in [-0.39, 0.29) is 11.3 Å². The Bertz CT molecular complexity index is 1740. The molecular formula is C33H29N3O6. The molecule has 5 aromatic rings. The van der Waals surface area contributed by atoms with Gasteiger partial charge in [-0.25, -0.2) is 4.98 Å². The van der Waals surface area contributed by atoms with E-state index in [1.165, 1.54) is 12.0 Å². The van der Waals surface area contributed by atoms with Crippen LogP contribution in [0.2, 0.25) is 0 Å². The Hall–Kier alpha value is -5.31. The Morgan fingerprint density at radius 1 is 1.02 bits per heavy atom. The first-order valence-corrected chi connectivity index (χ1v) is 13.6. The molecule has 0 saturated heterocycles. The number of hydrogen-bond donors (Lipinski definition) is 1. The minimum absolute atomic E-state index is 0.0110. The second-order valence-corrected chi connectivity index (χ2v) is 9.98. The van der Waals surface area contributed by atoms with Gasteiger partial charge in [0, 0.05) is 30.9 Å². The number of para-hydroxylation sites is 1. The summed E-state index contributed by atoms with van der Waals surface area (Å²) in [4.78, 5) is 32.9. The summed E-state index contributed by atoms with van der Waals surface area (Å²) in [5.74, 6) is -0.612. The SMILES string of the molecule is COc1cccc2cc(C(=O)C3=C(O)C(=O)N(CCCn4ccnc4)C3c3ccc(OCc4ccccc4)cc3)oc12. The third-order valence-electron chi connectivity index (χ3n) is 7.32. The summed E-state index contributed by atoms with van der Waals surface area (Å²) in [6.07, 6.45) is 5.83. The second-order valence-electron chi connectivity index (χ2n) is 9.98. The van der Waals surface area contributed by atoms with Crippen LogP contribution in [-0.4, -0.2) is 44.9 Å². The topological polar surface area (TPSA) is 107 Å². The fourth-order valence-corrected chi connectivity index (χ4v) is 5.23. The van der Waals surface area contributed by atoms with Gasteiger partial charge in [0.05, 0.1) is 25.1 Å². The van der Waals surface area contributed by atoms with Crippen LogP contribution in [0.4, 0.5) is 0 Å². The van der Waals surface area contributed by atoms with E-state index >= 15 is 0 Å². The molecule has 0 radical (unpaired) electrons. The number of aromatic nitrogens is 2. The van der Waals surface area contributed by atoms with E-state index < -0.39 is 23.5 Å². The maximum Gasteiger partial charge on any atom is 0.290 e. The number of nitrogens with zero attached hydrogens (tertiary/aromatic N) is 3. The number of aryl methyl sites for hydroxylation is 1. The van der Waals surface area contributed by atoms with Crippen LogP contribution in [0, 0.1) is 0 Å². The average molecular weight is 564 g/mol. The van der Waals surface area contributed by atoms with E-state index in [1.54, 1.807) is 48.9 Å². The van der Waals surface area contributed by atoms with Crippen molar-refractivity contribution in [1.29, 1.82) is 0 Å². The van der Waals surface area contributed by atoms with Crippen molar-refractivity contribution in [3.05, 3.63) is 126 Å². The number of fused-ring (bicyclic) bond motifs is 1. The van der Waals surface area contributed by atoms with E-state index in [9.17, 15) is 14.7 Å². The molecule has 1 aliphatic rings. The number of carbonyl (C=O) groups is 2. The monoisotopic (exact) mass is 563 g/mol. The lowest BCUT2D eigenvalue weighted by Gasteiger charge is -2.27. The molecule has 0 aliphatic carbocycles. The van der Waals surface area contributed by atoms with Crippen LogP contribution in [0.15, 0.2) is 113 Å². The van der Waals surface area contributed by atoms with Crippen molar-refractivity contribution < 1.29 is 28.6 Å². The molecule has 212 valence electrons. The van der Waals surface area contributed by atoms with Crippen molar-refractivity contribution in [2.45, 2.75) is 25.6 Å². The lowest BCUT2D eigenvalue weighted by molar-refractivity contribution is -0.129. The number of ketones is 1. The summed E-state index contributed by atoms with van der Waals surface area (Å²) in [5.41, 5.74) is 2.09. The number of ether oxygens (including phenoxy) is 2. The number of hydrogen-bond acceptors (Lipinski definition) is 7. The highest BCUT2D eigenvalue weighted by atomic mass is 16.5. The molecule has 6 rings (SSSR count). The van der Waals surface area contributed by atoms with E-state index in [0.717, 1.165) is 5.56 Å². The van der Waals surface area contributed by atoms with Gasteiger partial charge in [0.1, 0.15) is 12.4 Å². The maximum atomic E-state index is 13.9. The number of carbonyl (C=O) groups excluding carboxylic acids is 2. The molecule has 1 amide bonds. The Balaban J connectivity index is 1.30. The van der Waals surface area contributed by atoms with Gasteiger partial charge in [0.2, 0.25) is 5.78 Å². The molecule has 0 saturated carbocycles. The zero-order valence-electron chi connectivity index (χ0n) is 23.0. The number of methoxy groups -OCH3 is 1. The van der Waals surface area contributed by atoms with Gasteiger partial charge < -0.3 is 28.5 Å². The molecule has 0 fully saturated rings. The van der Waals surface area contributed by atoms with Gasteiger partial charge >= 0.3 is 0 Å². The normalized spacial score (nSPS) is 15.0. The van der Waals surface area contributed by atoms with Crippen LogP contribution >= 0.6 is 0 Å². The average Bonchev–Trinajstić information content (AvgIpc) is 3.76. The van der Waals surface area contributed by atoms with Gasteiger partial charge in [-0.3, -0.25) is 9.59 Å². The van der Waals surface area contributed by atoms with Crippen molar-refractivity contribution in [2.75, 3.05) is 13.7 Å². The summed E-state index contributed by atoms with van der Waals surface area (Å²) < 4.78 is 19.1. The molecule has 1 atom stereocenters. The first-order valence-electron chi connectivity index (χ1n) is 13.6. The summed E-state index contributed by atoms with van der Waals surface area (Å²) in [6, 6.07) is 23.2. The van der Waals surface area contributed by atoms with Crippen molar-refractivity contribution in [2.24, 2.45) is 0 Å². The number of benzene rings is 3. The fourth-order valence-electron chi connectivity index (χ4n) is 5.23. The predicted octanol–water partition coefficient (Wildman–Crippen LogP) is 5.89. The maximum absolute atomic E-state index is 13.9. The highest BCUT2D eigenvalue weighted by molar-refractivity contribution is 6.16. The van der Waals surface area contributed by atoms with Crippen molar-refractivity contribution in [1.82, 2.24) is 14.5 Å². The minimum atomic E-state index is -0.814. The van der Waals surface area contributed by atoms with Crippen LogP contribution in [-0.2, 0) is 17.9 Å². The van der Waals surface area contributed by atoms with E-state index in [0.29, 0.717) is 54.1 Å². The van der Waals surface area contributed by atoms with E-state index in [1.807, 2.05) is 53.2 Å². The van der Waals surface area contributed by atoms with Gasteiger partial charge in [-0.2, -0.15) is 0 Å². The summed E-state index contributed by atoms with van der Waals surface area (Å²) >= 11 is 0. The Kier molecular flexibility index (Phi) is 7.47. The fraction of sp³-hybridized carbons (Fsp3) is 0.182. The molecule has 1 N–H and O–H groups in total. The van der Waals surface area contributed by atoms with Crippen molar-refractivity contribution >= 4 is 22.7 Å². The quantitative estimate of drug-likeness (QED) is 0.200. The van der Waals surface area contributed by atoms with Crippen LogP contribution in [0.5, 0.6) is 11.5 Å². The Morgan fingerprint density at radius 2 is 1.83 bits per heavy atom. The van der Waals surface area contributed by atoms with E-state index in [2.05, 4.69) is 4.98 Å². The zero-order valence-corrected chi connectivity index (χ0v) is 23.0. The van der Waals surface area contributed by atoms with Gasteiger partial charge in [-0.1, -0.05) is 54.6 Å². The lowest BCUT2D eigenvalue weighted by atomic mass is 9.95. The largest absolute Gasteiger partial charge is 0.503 e. The van der Waals surface area contributed by atoms with Crippen LogP contribution in [0.3, 0.4) is 0 Å². The number of aliphatic hydroxyl groups is 1. The number of rotatable bonds is 11. The third-order valence-corrected chi connectivity index (χ3v) is 7.32. The number of amides is 1. The van der Waals surface area contributed by atoms with Gasteiger partial charge in [0.15, 0.2) is 22.9 Å². The van der Waals surface area contributed by atoms with Crippen LogP contribution in [0.25, 0.3) is 11.0 Å². The molecule has 9 heteroatoms. The highest BCUT2D eigenvalue weighted by Crippen LogP contribution is 2.40. The molecule has 42 heavy (non-hydrogen) atoms. The van der Waals surface area contributed by atoms with E-state index in [4.69, 9.17) is 13.9 Å². The molecule has 1 unspecified atom stereocenters.